The summed E-state index contributed by atoms with van der Waals surface area (Å²) in [4.78, 5) is 8.19. The quantitative estimate of drug-likeness (QED) is 0.919. The first-order chi connectivity index (χ1) is 9.94. The molecule has 0 bridgehead atoms. The number of halogens is 3. The highest BCUT2D eigenvalue weighted by atomic mass is 19.4. The highest BCUT2D eigenvalue weighted by Crippen LogP contribution is 2.22. The van der Waals surface area contributed by atoms with Crippen LogP contribution < -0.4 is 10.1 Å². The van der Waals surface area contributed by atoms with Crippen molar-refractivity contribution in [2.45, 2.75) is 19.6 Å². The Hall–Kier alpha value is -2.31. The second kappa shape index (κ2) is 6.43. The zero-order valence-electron chi connectivity index (χ0n) is 11.3. The predicted octanol–water partition coefficient (Wildman–Crippen LogP) is 3.34. The van der Waals surface area contributed by atoms with E-state index in [0.29, 0.717) is 17.9 Å². The Labute approximate surface area is 120 Å². The van der Waals surface area contributed by atoms with Crippen molar-refractivity contribution in [3.63, 3.8) is 0 Å². The summed E-state index contributed by atoms with van der Waals surface area (Å²) < 4.78 is 41.4. The molecule has 7 heteroatoms. The van der Waals surface area contributed by atoms with Gasteiger partial charge in [-0.3, -0.25) is 4.98 Å². The van der Waals surface area contributed by atoms with E-state index in [4.69, 9.17) is 4.74 Å². The van der Waals surface area contributed by atoms with Crippen LogP contribution in [0.4, 0.5) is 19.0 Å². The standard InChI is InChI=1S/C14H14F3N3O/c1-10-6-18-8-13(20-10)19-7-11-4-2-3-5-12(11)21-9-14(15,16)17/h2-6,8H,7,9H2,1H3,(H,19,20). The molecular formula is C14H14F3N3O. The van der Waals surface area contributed by atoms with Gasteiger partial charge in [0.25, 0.3) is 0 Å². The van der Waals surface area contributed by atoms with Gasteiger partial charge in [-0.1, -0.05) is 18.2 Å². The smallest absolute Gasteiger partial charge is 0.422 e. The summed E-state index contributed by atoms with van der Waals surface area (Å²) in [6.07, 6.45) is -1.19. The number of ether oxygens (including phenoxy) is 1. The molecule has 2 aromatic rings. The normalized spacial score (nSPS) is 11.2. The van der Waals surface area contributed by atoms with Crippen LogP contribution in [0.3, 0.4) is 0 Å². The molecule has 1 aromatic carbocycles. The fourth-order valence-corrected chi connectivity index (χ4v) is 1.68. The van der Waals surface area contributed by atoms with Crippen LogP contribution >= 0.6 is 0 Å². The molecule has 0 atom stereocenters. The molecule has 1 heterocycles. The zero-order chi connectivity index (χ0) is 15.3. The number of rotatable bonds is 5. The second-order valence-electron chi connectivity index (χ2n) is 4.41. The molecule has 0 radical (unpaired) electrons. The maximum atomic E-state index is 12.2. The number of hydrogen-bond donors (Lipinski definition) is 1. The summed E-state index contributed by atoms with van der Waals surface area (Å²) >= 11 is 0. The van der Waals surface area contributed by atoms with E-state index >= 15 is 0 Å². The lowest BCUT2D eigenvalue weighted by Gasteiger charge is -2.13. The van der Waals surface area contributed by atoms with Crippen molar-refractivity contribution in [1.29, 1.82) is 0 Å². The van der Waals surface area contributed by atoms with Crippen molar-refractivity contribution >= 4 is 5.82 Å². The van der Waals surface area contributed by atoms with Gasteiger partial charge in [0.1, 0.15) is 11.6 Å². The van der Waals surface area contributed by atoms with E-state index in [2.05, 4.69) is 15.3 Å². The number of alkyl halides is 3. The Balaban J connectivity index is 2.03. The van der Waals surface area contributed by atoms with E-state index in [0.717, 1.165) is 5.69 Å². The third-order valence-electron chi connectivity index (χ3n) is 2.58. The average molecular weight is 297 g/mol. The Morgan fingerprint density at radius 3 is 2.67 bits per heavy atom. The Morgan fingerprint density at radius 2 is 1.95 bits per heavy atom. The fraction of sp³-hybridized carbons (Fsp3) is 0.286. The minimum atomic E-state index is -4.36. The minimum Gasteiger partial charge on any atom is -0.484 e. The van der Waals surface area contributed by atoms with Crippen molar-refractivity contribution < 1.29 is 17.9 Å². The first-order valence-electron chi connectivity index (χ1n) is 6.24. The van der Waals surface area contributed by atoms with Gasteiger partial charge in [0, 0.05) is 18.3 Å². The first kappa shape index (κ1) is 15.1. The van der Waals surface area contributed by atoms with E-state index < -0.39 is 12.8 Å². The Bertz CT molecular complexity index is 602. The number of para-hydroxylation sites is 1. The summed E-state index contributed by atoms with van der Waals surface area (Å²) in [5.74, 6) is 0.753. The van der Waals surface area contributed by atoms with Gasteiger partial charge in [0.2, 0.25) is 0 Å². The van der Waals surface area contributed by atoms with E-state index in [1.54, 1.807) is 37.5 Å². The minimum absolute atomic E-state index is 0.197. The summed E-state index contributed by atoms with van der Waals surface area (Å²) in [5, 5.41) is 3.00. The molecule has 0 amide bonds. The molecular weight excluding hydrogens is 283 g/mol. The van der Waals surface area contributed by atoms with Crippen molar-refractivity contribution in [3.8, 4) is 5.75 Å². The molecule has 0 unspecified atom stereocenters. The van der Waals surface area contributed by atoms with Crippen LogP contribution in [0, 0.1) is 6.92 Å². The average Bonchev–Trinajstić information content (AvgIpc) is 2.43. The van der Waals surface area contributed by atoms with Gasteiger partial charge in [0.15, 0.2) is 6.61 Å². The number of nitrogens with one attached hydrogen (secondary N) is 1. The number of aromatic nitrogens is 2. The molecule has 0 saturated carbocycles. The molecule has 2 rings (SSSR count). The van der Waals surface area contributed by atoms with Crippen LogP contribution in [-0.4, -0.2) is 22.8 Å². The summed E-state index contributed by atoms with van der Waals surface area (Å²) in [6.45, 7) is 0.791. The largest absolute Gasteiger partial charge is 0.484 e. The molecule has 0 aliphatic heterocycles. The molecule has 1 N–H and O–H groups in total. The maximum Gasteiger partial charge on any atom is 0.422 e. The topological polar surface area (TPSA) is 47.0 Å². The van der Waals surface area contributed by atoms with Gasteiger partial charge in [-0.2, -0.15) is 13.2 Å². The van der Waals surface area contributed by atoms with Crippen LogP contribution in [-0.2, 0) is 6.54 Å². The van der Waals surface area contributed by atoms with Gasteiger partial charge in [-0.15, -0.1) is 0 Å². The van der Waals surface area contributed by atoms with Crippen molar-refractivity contribution in [3.05, 3.63) is 47.9 Å². The van der Waals surface area contributed by atoms with E-state index in [9.17, 15) is 13.2 Å². The van der Waals surface area contributed by atoms with Gasteiger partial charge >= 0.3 is 6.18 Å². The second-order valence-corrected chi connectivity index (χ2v) is 4.41. The zero-order valence-corrected chi connectivity index (χ0v) is 11.3. The molecule has 112 valence electrons. The molecule has 0 fully saturated rings. The lowest BCUT2D eigenvalue weighted by atomic mass is 10.2. The molecule has 0 aliphatic rings. The Morgan fingerprint density at radius 1 is 1.19 bits per heavy atom. The lowest BCUT2D eigenvalue weighted by molar-refractivity contribution is -0.153. The molecule has 1 aromatic heterocycles. The van der Waals surface area contributed by atoms with Gasteiger partial charge in [-0.25, -0.2) is 4.98 Å². The van der Waals surface area contributed by atoms with Crippen molar-refractivity contribution in [2.75, 3.05) is 11.9 Å². The molecule has 0 spiro atoms. The van der Waals surface area contributed by atoms with E-state index in [1.165, 1.54) is 6.07 Å². The van der Waals surface area contributed by atoms with Crippen LogP contribution in [0.25, 0.3) is 0 Å². The van der Waals surface area contributed by atoms with Crippen LogP contribution in [0.5, 0.6) is 5.75 Å². The molecule has 0 saturated heterocycles. The van der Waals surface area contributed by atoms with Gasteiger partial charge < -0.3 is 10.1 Å². The van der Waals surface area contributed by atoms with Gasteiger partial charge in [0.05, 0.1) is 11.9 Å². The van der Waals surface area contributed by atoms with Crippen LogP contribution in [0.2, 0.25) is 0 Å². The number of benzene rings is 1. The lowest BCUT2D eigenvalue weighted by Crippen LogP contribution is -2.20. The third kappa shape index (κ3) is 4.94. The predicted molar refractivity (Wildman–Crippen MR) is 72.1 cm³/mol. The summed E-state index contributed by atoms with van der Waals surface area (Å²) in [5.41, 5.74) is 1.37. The van der Waals surface area contributed by atoms with E-state index in [-0.39, 0.29) is 5.75 Å². The summed E-state index contributed by atoms with van der Waals surface area (Å²) in [7, 11) is 0. The van der Waals surface area contributed by atoms with Crippen molar-refractivity contribution in [1.82, 2.24) is 9.97 Å². The highest BCUT2D eigenvalue weighted by Gasteiger charge is 2.28. The first-order valence-corrected chi connectivity index (χ1v) is 6.24. The van der Waals surface area contributed by atoms with Crippen LogP contribution in [0.15, 0.2) is 36.7 Å². The third-order valence-corrected chi connectivity index (χ3v) is 2.58. The number of hydrogen-bond acceptors (Lipinski definition) is 4. The molecule has 4 nitrogen and oxygen atoms in total. The van der Waals surface area contributed by atoms with Crippen LogP contribution in [0.1, 0.15) is 11.3 Å². The Kier molecular flexibility index (Phi) is 4.62. The molecule has 21 heavy (non-hydrogen) atoms. The van der Waals surface area contributed by atoms with E-state index in [1.807, 2.05) is 0 Å². The SMILES string of the molecule is Cc1cncc(NCc2ccccc2OCC(F)(F)F)n1. The number of nitrogens with zero attached hydrogens (tertiary/aromatic N) is 2. The fourth-order valence-electron chi connectivity index (χ4n) is 1.68. The van der Waals surface area contributed by atoms with Crippen molar-refractivity contribution in [2.24, 2.45) is 0 Å². The molecule has 0 aliphatic carbocycles. The van der Waals surface area contributed by atoms with Gasteiger partial charge in [-0.05, 0) is 13.0 Å². The maximum absolute atomic E-state index is 12.2. The monoisotopic (exact) mass is 297 g/mol. The highest BCUT2D eigenvalue weighted by molar-refractivity contribution is 5.38. The number of anilines is 1. The summed E-state index contributed by atoms with van der Waals surface area (Å²) in [6, 6.07) is 6.56. The number of aryl methyl sites for hydroxylation is 1.